The number of carbonyl (C=O) groups is 1. The van der Waals surface area contributed by atoms with Crippen LogP contribution in [0.15, 0.2) is 71.8 Å². The van der Waals surface area contributed by atoms with Crippen molar-refractivity contribution in [2.75, 3.05) is 26.7 Å². The van der Waals surface area contributed by atoms with Crippen LogP contribution in [0.25, 0.3) is 10.9 Å². The average Bonchev–Trinajstić information content (AvgIpc) is 3.35. The first kappa shape index (κ1) is 30.3. The topological polar surface area (TPSA) is 82.7 Å². The number of benzene rings is 3. The van der Waals surface area contributed by atoms with E-state index in [1.165, 1.54) is 4.31 Å². The molecule has 0 radical (unpaired) electrons. The SMILES string of the molecule is CCCCN(CC(=O)N(CCc1c[nH]c2ccccc12)Cc1ccc(OC)cc1)S(=O)(=O)c1c(C)cc(C)cc1C. The standard InChI is InChI=1S/C33H41N3O4S/c1-6-7-17-36(41(38,39)33-25(3)19-24(2)20-26(33)4)23-32(37)35(22-27-12-14-29(40-5)15-13-27)18-16-28-21-34-31-11-9-8-10-30(28)31/h8-15,19-21,34H,6-7,16-18,22-23H2,1-5H3. The number of unbranched alkanes of at least 4 members (excludes halogenated alkanes) is 1. The van der Waals surface area contributed by atoms with Gasteiger partial charge in [0.1, 0.15) is 5.75 Å². The molecule has 0 unspecified atom stereocenters. The molecule has 1 amide bonds. The van der Waals surface area contributed by atoms with Gasteiger partial charge in [-0.25, -0.2) is 8.42 Å². The maximum absolute atomic E-state index is 14.0. The van der Waals surface area contributed by atoms with Crippen molar-refractivity contribution in [3.63, 3.8) is 0 Å². The number of para-hydroxylation sites is 1. The van der Waals surface area contributed by atoms with Crippen molar-refractivity contribution in [2.45, 2.75) is 58.4 Å². The Kier molecular flexibility index (Phi) is 9.89. The molecule has 0 bridgehead atoms. The van der Waals surface area contributed by atoms with E-state index in [9.17, 15) is 13.2 Å². The third-order valence-corrected chi connectivity index (χ3v) is 9.64. The lowest BCUT2D eigenvalue weighted by Crippen LogP contribution is -2.44. The molecule has 8 heteroatoms. The van der Waals surface area contributed by atoms with Gasteiger partial charge in [0.25, 0.3) is 0 Å². The minimum absolute atomic E-state index is 0.209. The summed E-state index contributed by atoms with van der Waals surface area (Å²) in [7, 11) is -2.26. The summed E-state index contributed by atoms with van der Waals surface area (Å²) in [5.74, 6) is 0.522. The number of nitrogens with one attached hydrogen (secondary N) is 1. The van der Waals surface area contributed by atoms with E-state index in [1.807, 2.05) is 88.5 Å². The molecular formula is C33H41N3O4S. The number of H-pyrrole nitrogens is 1. The quantitative estimate of drug-likeness (QED) is 0.207. The molecule has 0 saturated carbocycles. The zero-order chi connectivity index (χ0) is 29.6. The highest BCUT2D eigenvalue weighted by molar-refractivity contribution is 7.89. The molecule has 0 aliphatic heterocycles. The van der Waals surface area contributed by atoms with Crippen molar-refractivity contribution in [3.8, 4) is 5.75 Å². The molecule has 41 heavy (non-hydrogen) atoms. The summed E-state index contributed by atoms with van der Waals surface area (Å²) in [6, 6.07) is 19.5. The van der Waals surface area contributed by atoms with E-state index >= 15 is 0 Å². The van der Waals surface area contributed by atoms with Crippen LogP contribution in [0.1, 0.15) is 47.6 Å². The van der Waals surface area contributed by atoms with Crippen LogP contribution < -0.4 is 4.74 Å². The summed E-state index contributed by atoms with van der Waals surface area (Å²) in [6.07, 6.45) is 4.12. The maximum Gasteiger partial charge on any atom is 0.244 e. The van der Waals surface area contributed by atoms with E-state index in [0.29, 0.717) is 42.0 Å². The van der Waals surface area contributed by atoms with Crippen LogP contribution in [0.2, 0.25) is 0 Å². The van der Waals surface area contributed by atoms with E-state index in [4.69, 9.17) is 4.74 Å². The number of nitrogens with zero attached hydrogens (tertiary/aromatic N) is 2. The van der Waals surface area contributed by atoms with Gasteiger partial charge in [-0.2, -0.15) is 4.31 Å². The van der Waals surface area contributed by atoms with Crippen LogP contribution in [-0.2, 0) is 27.8 Å². The molecule has 1 heterocycles. The molecule has 0 atom stereocenters. The van der Waals surface area contributed by atoms with Crippen LogP contribution >= 0.6 is 0 Å². The van der Waals surface area contributed by atoms with E-state index in [-0.39, 0.29) is 19.0 Å². The van der Waals surface area contributed by atoms with Crippen LogP contribution in [0.5, 0.6) is 5.75 Å². The first-order valence-corrected chi connectivity index (χ1v) is 15.6. The number of ether oxygens (including phenoxy) is 1. The minimum atomic E-state index is -3.88. The van der Waals surface area contributed by atoms with Gasteiger partial charge in [0.05, 0.1) is 18.6 Å². The molecule has 1 aromatic heterocycles. The van der Waals surface area contributed by atoms with Gasteiger partial charge in [0, 0.05) is 36.7 Å². The second-order valence-electron chi connectivity index (χ2n) is 10.7. The molecule has 4 rings (SSSR count). The highest BCUT2D eigenvalue weighted by Crippen LogP contribution is 2.26. The van der Waals surface area contributed by atoms with Crippen molar-refractivity contribution in [3.05, 3.63) is 94.7 Å². The summed E-state index contributed by atoms with van der Waals surface area (Å²) >= 11 is 0. The predicted octanol–water partition coefficient (Wildman–Crippen LogP) is 6.16. The highest BCUT2D eigenvalue weighted by Gasteiger charge is 2.31. The number of methoxy groups -OCH3 is 1. The number of fused-ring (bicyclic) bond motifs is 1. The van der Waals surface area contributed by atoms with Gasteiger partial charge in [-0.1, -0.05) is 61.4 Å². The summed E-state index contributed by atoms with van der Waals surface area (Å²) in [4.78, 5) is 19.3. The Labute approximate surface area is 244 Å². The largest absolute Gasteiger partial charge is 0.497 e. The van der Waals surface area contributed by atoms with Crippen molar-refractivity contribution in [2.24, 2.45) is 0 Å². The summed E-state index contributed by atoms with van der Waals surface area (Å²) in [6.45, 7) is 8.53. The normalized spacial score (nSPS) is 11.8. The predicted molar refractivity (Wildman–Crippen MR) is 165 cm³/mol. The molecule has 4 aromatic rings. The lowest BCUT2D eigenvalue weighted by Gasteiger charge is -2.28. The van der Waals surface area contributed by atoms with Crippen molar-refractivity contribution in [1.29, 1.82) is 0 Å². The lowest BCUT2D eigenvalue weighted by atomic mass is 10.1. The summed E-state index contributed by atoms with van der Waals surface area (Å²) in [5.41, 5.74) is 5.53. The minimum Gasteiger partial charge on any atom is -0.497 e. The van der Waals surface area contributed by atoms with Gasteiger partial charge >= 0.3 is 0 Å². The molecule has 0 spiro atoms. The van der Waals surface area contributed by atoms with Crippen LogP contribution in [0.3, 0.4) is 0 Å². The molecule has 7 nitrogen and oxygen atoms in total. The molecule has 0 saturated heterocycles. The first-order chi connectivity index (χ1) is 19.6. The Balaban J connectivity index is 1.62. The van der Waals surface area contributed by atoms with Crippen LogP contribution in [-0.4, -0.2) is 55.3 Å². The second kappa shape index (κ2) is 13.4. The fraction of sp³-hybridized carbons (Fsp3) is 0.364. The number of sulfonamides is 1. The number of rotatable bonds is 13. The smallest absolute Gasteiger partial charge is 0.244 e. The Hall–Kier alpha value is -3.62. The van der Waals surface area contributed by atoms with E-state index in [2.05, 4.69) is 11.1 Å². The van der Waals surface area contributed by atoms with Crippen LogP contribution in [0.4, 0.5) is 0 Å². The number of aromatic amines is 1. The van der Waals surface area contributed by atoms with E-state index in [0.717, 1.165) is 39.8 Å². The fourth-order valence-electron chi connectivity index (χ4n) is 5.41. The molecule has 1 N–H and O–H groups in total. The molecule has 3 aromatic carbocycles. The number of carbonyl (C=O) groups excluding carboxylic acids is 1. The molecule has 218 valence electrons. The zero-order valence-corrected chi connectivity index (χ0v) is 25.6. The van der Waals surface area contributed by atoms with Crippen molar-refractivity contribution < 1.29 is 17.9 Å². The third kappa shape index (κ3) is 7.18. The zero-order valence-electron chi connectivity index (χ0n) is 24.7. The van der Waals surface area contributed by atoms with Crippen molar-refractivity contribution >= 4 is 26.8 Å². The fourth-order valence-corrected chi connectivity index (χ4v) is 7.25. The first-order valence-electron chi connectivity index (χ1n) is 14.2. The van der Waals surface area contributed by atoms with Gasteiger partial charge in [-0.3, -0.25) is 4.79 Å². The molecular weight excluding hydrogens is 534 g/mol. The average molecular weight is 576 g/mol. The van der Waals surface area contributed by atoms with Gasteiger partial charge in [-0.05, 0) is 74.1 Å². The summed E-state index contributed by atoms with van der Waals surface area (Å²) < 4.78 is 34.7. The monoisotopic (exact) mass is 575 g/mol. The number of amides is 1. The highest BCUT2D eigenvalue weighted by atomic mass is 32.2. The maximum atomic E-state index is 14.0. The number of hydrogen-bond acceptors (Lipinski definition) is 4. The van der Waals surface area contributed by atoms with E-state index < -0.39 is 10.0 Å². The number of aryl methyl sites for hydroxylation is 3. The molecule has 0 aliphatic rings. The van der Waals surface area contributed by atoms with Gasteiger partial charge in [0.15, 0.2) is 0 Å². The number of hydrogen-bond donors (Lipinski definition) is 1. The number of aromatic nitrogens is 1. The third-order valence-electron chi connectivity index (χ3n) is 7.49. The Bertz CT molecular complexity index is 1570. The summed E-state index contributed by atoms with van der Waals surface area (Å²) in [5, 5.41) is 1.13. The second-order valence-corrected chi connectivity index (χ2v) is 12.6. The molecule has 0 fully saturated rings. The Morgan fingerprint density at radius 1 is 0.951 bits per heavy atom. The van der Waals surface area contributed by atoms with Gasteiger partial charge < -0.3 is 14.6 Å². The van der Waals surface area contributed by atoms with Gasteiger partial charge in [-0.15, -0.1) is 0 Å². The Morgan fingerprint density at radius 2 is 1.63 bits per heavy atom. The van der Waals surface area contributed by atoms with Crippen molar-refractivity contribution in [1.82, 2.24) is 14.2 Å². The van der Waals surface area contributed by atoms with Gasteiger partial charge in [0.2, 0.25) is 15.9 Å². The van der Waals surface area contributed by atoms with E-state index in [1.54, 1.807) is 12.0 Å². The Morgan fingerprint density at radius 3 is 2.29 bits per heavy atom. The lowest BCUT2D eigenvalue weighted by molar-refractivity contribution is -0.132. The molecule has 0 aliphatic carbocycles. The van der Waals surface area contributed by atoms with Crippen LogP contribution in [0, 0.1) is 20.8 Å².